The number of hydrogen-bond acceptors (Lipinski definition) is 1. The maximum atomic E-state index is 11.4. The molecule has 1 rings (SSSR count). The molecule has 1 saturated heterocycles. The second kappa shape index (κ2) is 6.68. The van der Waals surface area contributed by atoms with Crippen LogP contribution in [0.25, 0.3) is 0 Å². The Morgan fingerprint density at radius 2 is 1.86 bits per heavy atom. The molecule has 1 N–H and O–H groups in total. The molecule has 3 nitrogen and oxygen atoms in total. The zero-order valence-corrected chi connectivity index (χ0v) is 10.1. The Kier molecular flexibility index (Phi) is 6.34. The number of carbonyl (C=O) groups is 1. The van der Waals surface area contributed by atoms with Gasteiger partial charge in [0, 0.05) is 19.1 Å². The topological polar surface area (TPSA) is 32.3 Å². The average Bonchev–Trinajstić information content (AvgIpc) is 2.20. The Bertz CT molecular complexity index is 169. The molecule has 0 bridgehead atoms. The molecule has 0 saturated carbocycles. The molecule has 1 aliphatic rings. The maximum absolute atomic E-state index is 11.4. The van der Waals surface area contributed by atoms with E-state index in [1.165, 1.54) is 0 Å². The van der Waals surface area contributed by atoms with Gasteiger partial charge in [-0.15, -0.1) is 0 Å². The number of nitrogens with zero attached hydrogens (tertiary/aromatic N) is 1. The molecule has 0 aliphatic carbocycles. The van der Waals surface area contributed by atoms with Gasteiger partial charge in [-0.3, -0.25) is 0 Å². The first-order valence-electron chi connectivity index (χ1n) is 5.67. The quantitative estimate of drug-likeness (QED) is 0.729. The van der Waals surface area contributed by atoms with Crippen molar-refractivity contribution in [2.75, 3.05) is 13.1 Å². The average molecular weight is 200 g/mol. The van der Waals surface area contributed by atoms with Crippen LogP contribution in [0.2, 0.25) is 0 Å². The molecule has 0 aromatic rings. The van der Waals surface area contributed by atoms with E-state index in [2.05, 4.69) is 26.1 Å². The fourth-order valence-corrected chi connectivity index (χ4v) is 1.40. The van der Waals surface area contributed by atoms with E-state index in [4.69, 9.17) is 0 Å². The van der Waals surface area contributed by atoms with Crippen LogP contribution < -0.4 is 5.32 Å². The highest BCUT2D eigenvalue weighted by atomic mass is 16.2. The molecule has 1 unspecified atom stereocenters. The Morgan fingerprint density at radius 3 is 2.29 bits per heavy atom. The van der Waals surface area contributed by atoms with Crippen molar-refractivity contribution in [1.82, 2.24) is 10.2 Å². The molecule has 0 radical (unpaired) electrons. The second-order valence-electron chi connectivity index (χ2n) is 3.76. The second-order valence-corrected chi connectivity index (χ2v) is 3.76. The number of rotatable bonds is 2. The lowest BCUT2D eigenvalue weighted by Gasteiger charge is -2.34. The summed E-state index contributed by atoms with van der Waals surface area (Å²) in [7, 11) is 0. The highest BCUT2D eigenvalue weighted by Gasteiger charge is 2.24. The molecule has 1 fully saturated rings. The number of amides is 2. The lowest BCUT2D eigenvalue weighted by Crippen LogP contribution is -2.51. The van der Waals surface area contributed by atoms with Crippen LogP contribution in [0.3, 0.4) is 0 Å². The van der Waals surface area contributed by atoms with E-state index in [1.54, 1.807) is 0 Å². The van der Waals surface area contributed by atoms with Gasteiger partial charge in [0.05, 0.1) is 0 Å². The van der Waals surface area contributed by atoms with Gasteiger partial charge in [0.25, 0.3) is 0 Å². The third-order valence-electron chi connectivity index (χ3n) is 2.57. The molecule has 1 aliphatic heterocycles. The van der Waals surface area contributed by atoms with Gasteiger partial charge < -0.3 is 10.2 Å². The fraction of sp³-hybridized carbons (Fsp3) is 0.909. The third kappa shape index (κ3) is 3.56. The van der Waals surface area contributed by atoms with Crippen LogP contribution in [0.15, 0.2) is 0 Å². The molecule has 84 valence electrons. The SMILES string of the molecule is CC.CC(C)C(C)N1CCCNC1=O. The van der Waals surface area contributed by atoms with Gasteiger partial charge in [-0.05, 0) is 19.3 Å². The van der Waals surface area contributed by atoms with Crippen molar-refractivity contribution in [3.8, 4) is 0 Å². The highest BCUT2D eigenvalue weighted by Crippen LogP contribution is 2.12. The summed E-state index contributed by atoms with van der Waals surface area (Å²) in [6, 6.07) is 0.452. The molecule has 1 atom stereocenters. The Balaban J connectivity index is 0.000000791. The monoisotopic (exact) mass is 200 g/mol. The molecule has 1 heterocycles. The highest BCUT2D eigenvalue weighted by molar-refractivity contribution is 5.75. The summed E-state index contributed by atoms with van der Waals surface area (Å²) in [6.45, 7) is 12.1. The first kappa shape index (κ1) is 13.3. The van der Waals surface area contributed by atoms with Crippen LogP contribution in [0.4, 0.5) is 4.79 Å². The number of nitrogens with one attached hydrogen (secondary N) is 1. The van der Waals surface area contributed by atoms with E-state index in [0.717, 1.165) is 19.5 Å². The first-order valence-corrected chi connectivity index (χ1v) is 5.67. The van der Waals surface area contributed by atoms with Gasteiger partial charge in [0.15, 0.2) is 0 Å². The summed E-state index contributed by atoms with van der Waals surface area (Å²) in [6.07, 6.45) is 1.07. The molecule has 3 heteroatoms. The molecule has 0 spiro atoms. The van der Waals surface area contributed by atoms with Gasteiger partial charge in [0.1, 0.15) is 0 Å². The normalized spacial score (nSPS) is 18.4. The molecular formula is C11H24N2O. The summed E-state index contributed by atoms with van der Waals surface area (Å²) in [5.41, 5.74) is 0. The first-order chi connectivity index (χ1) is 6.63. The van der Waals surface area contributed by atoms with Crippen molar-refractivity contribution < 1.29 is 4.79 Å². The minimum absolute atomic E-state index is 0.0995. The van der Waals surface area contributed by atoms with Crippen molar-refractivity contribution >= 4 is 6.03 Å². The lowest BCUT2D eigenvalue weighted by atomic mass is 10.0. The number of hydrogen-bond donors (Lipinski definition) is 1. The predicted molar refractivity (Wildman–Crippen MR) is 60.4 cm³/mol. The Morgan fingerprint density at radius 1 is 1.29 bits per heavy atom. The van der Waals surface area contributed by atoms with E-state index < -0.39 is 0 Å². The van der Waals surface area contributed by atoms with E-state index in [1.807, 2.05) is 18.7 Å². The minimum Gasteiger partial charge on any atom is -0.338 e. The number of urea groups is 1. The zero-order valence-electron chi connectivity index (χ0n) is 10.1. The zero-order chi connectivity index (χ0) is 11.1. The summed E-state index contributed by atoms with van der Waals surface area (Å²) >= 11 is 0. The van der Waals surface area contributed by atoms with E-state index in [0.29, 0.717) is 12.0 Å². The van der Waals surface area contributed by atoms with E-state index >= 15 is 0 Å². The standard InChI is InChI=1S/C9H18N2O.C2H6/c1-7(2)8(3)11-6-4-5-10-9(11)12;1-2/h7-8H,4-6H2,1-3H3,(H,10,12);1-2H3. The largest absolute Gasteiger partial charge is 0.338 e. The van der Waals surface area contributed by atoms with Crippen LogP contribution in [-0.4, -0.2) is 30.1 Å². The smallest absolute Gasteiger partial charge is 0.317 e. The predicted octanol–water partition coefficient (Wildman–Crippen LogP) is 2.47. The van der Waals surface area contributed by atoms with Gasteiger partial charge in [-0.2, -0.15) is 0 Å². The van der Waals surface area contributed by atoms with Crippen LogP contribution in [0, 0.1) is 5.92 Å². The van der Waals surface area contributed by atoms with Gasteiger partial charge >= 0.3 is 6.03 Å². The molecule has 0 aromatic heterocycles. The molecule has 2 amide bonds. The summed E-state index contributed by atoms with van der Waals surface area (Å²) in [5, 5.41) is 2.85. The van der Waals surface area contributed by atoms with Crippen LogP contribution >= 0.6 is 0 Å². The third-order valence-corrected chi connectivity index (χ3v) is 2.57. The van der Waals surface area contributed by atoms with E-state index in [9.17, 15) is 4.79 Å². The fourth-order valence-electron chi connectivity index (χ4n) is 1.40. The van der Waals surface area contributed by atoms with Crippen LogP contribution in [0.1, 0.15) is 41.0 Å². The van der Waals surface area contributed by atoms with E-state index in [-0.39, 0.29) is 6.03 Å². The Hall–Kier alpha value is -0.730. The van der Waals surface area contributed by atoms with Gasteiger partial charge in [-0.25, -0.2) is 4.79 Å². The van der Waals surface area contributed by atoms with Crippen molar-refractivity contribution in [1.29, 1.82) is 0 Å². The van der Waals surface area contributed by atoms with Crippen LogP contribution in [0.5, 0.6) is 0 Å². The van der Waals surface area contributed by atoms with Crippen LogP contribution in [-0.2, 0) is 0 Å². The summed E-state index contributed by atoms with van der Waals surface area (Å²) in [4.78, 5) is 13.3. The maximum Gasteiger partial charge on any atom is 0.317 e. The number of carbonyl (C=O) groups excluding carboxylic acids is 1. The van der Waals surface area contributed by atoms with Crippen molar-refractivity contribution in [3.05, 3.63) is 0 Å². The molecular weight excluding hydrogens is 176 g/mol. The van der Waals surface area contributed by atoms with Gasteiger partial charge in [-0.1, -0.05) is 27.7 Å². The van der Waals surface area contributed by atoms with Gasteiger partial charge in [0.2, 0.25) is 0 Å². The summed E-state index contributed by atoms with van der Waals surface area (Å²) < 4.78 is 0. The minimum atomic E-state index is 0.0995. The lowest BCUT2D eigenvalue weighted by molar-refractivity contribution is 0.149. The molecule has 0 aromatic carbocycles. The summed E-state index contributed by atoms with van der Waals surface area (Å²) in [5.74, 6) is 0.536. The Labute approximate surface area is 87.9 Å². The van der Waals surface area contributed by atoms with Crippen molar-refractivity contribution in [2.24, 2.45) is 5.92 Å². The van der Waals surface area contributed by atoms with Crippen molar-refractivity contribution in [3.63, 3.8) is 0 Å². The van der Waals surface area contributed by atoms with Crippen molar-refractivity contribution in [2.45, 2.75) is 47.1 Å². The molecule has 14 heavy (non-hydrogen) atoms.